The van der Waals surface area contributed by atoms with Crippen molar-refractivity contribution in [1.29, 1.82) is 5.26 Å². The zero-order valence-electron chi connectivity index (χ0n) is 13.0. The average Bonchev–Trinajstić information content (AvgIpc) is 2.55. The van der Waals surface area contributed by atoms with Gasteiger partial charge in [-0.2, -0.15) is 5.26 Å². The van der Waals surface area contributed by atoms with Gasteiger partial charge in [0.2, 0.25) is 0 Å². The number of hydrogen-bond acceptors (Lipinski definition) is 4. The summed E-state index contributed by atoms with van der Waals surface area (Å²) in [6.07, 6.45) is 0.0978. The third kappa shape index (κ3) is 4.83. The standard InChI is InChI=1S/C18H15ClN2O3/c1-12-4-2-3-5-13(12)8-18(23)24-11-17(22)21-16-9-15(19)7-6-14(16)10-20/h2-7,9H,8,11H2,1H3,(H,21,22). The fourth-order valence-corrected chi connectivity index (χ4v) is 2.24. The van der Waals surface area contributed by atoms with Gasteiger partial charge in [-0.1, -0.05) is 35.9 Å². The molecule has 1 N–H and O–H groups in total. The van der Waals surface area contributed by atoms with Gasteiger partial charge >= 0.3 is 5.97 Å². The van der Waals surface area contributed by atoms with E-state index < -0.39 is 18.5 Å². The predicted octanol–water partition coefficient (Wildman–Crippen LogP) is 3.24. The molecule has 2 aromatic carbocycles. The molecule has 0 spiro atoms. The van der Waals surface area contributed by atoms with Gasteiger partial charge in [-0.05, 0) is 36.2 Å². The van der Waals surface area contributed by atoms with Crippen molar-refractivity contribution in [1.82, 2.24) is 0 Å². The second kappa shape index (κ2) is 8.14. The van der Waals surface area contributed by atoms with Crippen molar-refractivity contribution in [2.75, 3.05) is 11.9 Å². The van der Waals surface area contributed by atoms with E-state index in [0.717, 1.165) is 11.1 Å². The lowest BCUT2D eigenvalue weighted by Crippen LogP contribution is -2.22. The number of benzene rings is 2. The van der Waals surface area contributed by atoms with Gasteiger partial charge in [0.1, 0.15) is 6.07 Å². The second-order valence-electron chi connectivity index (χ2n) is 5.11. The number of rotatable bonds is 5. The molecule has 2 rings (SSSR count). The van der Waals surface area contributed by atoms with Crippen LogP contribution in [-0.2, 0) is 20.7 Å². The molecule has 24 heavy (non-hydrogen) atoms. The van der Waals surface area contributed by atoms with Crippen LogP contribution in [0.2, 0.25) is 5.02 Å². The van der Waals surface area contributed by atoms with Crippen LogP contribution < -0.4 is 5.32 Å². The largest absolute Gasteiger partial charge is 0.455 e. The molecule has 0 aliphatic rings. The minimum absolute atomic E-state index is 0.0978. The third-order valence-electron chi connectivity index (χ3n) is 3.34. The zero-order valence-corrected chi connectivity index (χ0v) is 13.8. The molecule has 0 aliphatic heterocycles. The van der Waals surface area contributed by atoms with Crippen LogP contribution in [0.3, 0.4) is 0 Å². The number of halogens is 1. The number of carbonyl (C=O) groups excluding carboxylic acids is 2. The Kier molecular flexibility index (Phi) is 5.94. The number of carbonyl (C=O) groups is 2. The fourth-order valence-electron chi connectivity index (χ4n) is 2.06. The normalized spacial score (nSPS) is 9.88. The van der Waals surface area contributed by atoms with Crippen LogP contribution in [0.4, 0.5) is 5.69 Å². The van der Waals surface area contributed by atoms with Crippen LogP contribution in [0.1, 0.15) is 16.7 Å². The van der Waals surface area contributed by atoms with E-state index in [1.165, 1.54) is 12.1 Å². The van der Waals surface area contributed by atoms with Crippen molar-refractivity contribution in [2.24, 2.45) is 0 Å². The maximum atomic E-state index is 11.9. The molecule has 0 fully saturated rings. The van der Waals surface area contributed by atoms with E-state index in [2.05, 4.69) is 5.32 Å². The number of nitrogens with one attached hydrogen (secondary N) is 1. The second-order valence-corrected chi connectivity index (χ2v) is 5.55. The first-order valence-electron chi connectivity index (χ1n) is 7.19. The minimum Gasteiger partial charge on any atom is -0.455 e. The van der Waals surface area contributed by atoms with Gasteiger partial charge in [0.25, 0.3) is 5.91 Å². The Hall–Kier alpha value is -2.84. The summed E-state index contributed by atoms with van der Waals surface area (Å²) in [5.74, 6) is -1.03. The molecule has 2 aromatic rings. The number of hydrogen-bond donors (Lipinski definition) is 1. The summed E-state index contributed by atoms with van der Waals surface area (Å²) in [4.78, 5) is 23.7. The molecular weight excluding hydrogens is 328 g/mol. The Labute approximate surface area is 144 Å². The summed E-state index contributed by atoms with van der Waals surface area (Å²) >= 11 is 5.84. The van der Waals surface area contributed by atoms with Crippen molar-refractivity contribution in [3.05, 3.63) is 64.2 Å². The number of aryl methyl sites for hydroxylation is 1. The lowest BCUT2D eigenvalue weighted by atomic mass is 10.1. The van der Waals surface area contributed by atoms with Gasteiger partial charge in [-0.25, -0.2) is 0 Å². The number of amides is 1. The average molecular weight is 343 g/mol. The topological polar surface area (TPSA) is 79.2 Å². The van der Waals surface area contributed by atoms with Crippen LogP contribution >= 0.6 is 11.6 Å². The van der Waals surface area contributed by atoms with Crippen LogP contribution in [-0.4, -0.2) is 18.5 Å². The van der Waals surface area contributed by atoms with Gasteiger partial charge in [0.15, 0.2) is 6.61 Å². The minimum atomic E-state index is -0.535. The first-order valence-corrected chi connectivity index (χ1v) is 7.57. The maximum absolute atomic E-state index is 11.9. The Morgan fingerprint density at radius 2 is 2.00 bits per heavy atom. The summed E-state index contributed by atoms with van der Waals surface area (Å²) in [6, 6.07) is 13.9. The van der Waals surface area contributed by atoms with Crippen LogP contribution in [0.5, 0.6) is 0 Å². The summed E-state index contributed by atoms with van der Waals surface area (Å²) in [7, 11) is 0. The Bertz CT molecular complexity index is 812. The van der Waals surface area contributed by atoms with E-state index in [1.54, 1.807) is 6.07 Å². The van der Waals surface area contributed by atoms with Crippen molar-refractivity contribution in [3.8, 4) is 6.07 Å². The van der Waals surface area contributed by atoms with Gasteiger partial charge in [0, 0.05) is 5.02 Å². The summed E-state index contributed by atoms with van der Waals surface area (Å²) < 4.78 is 4.97. The highest BCUT2D eigenvalue weighted by Crippen LogP contribution is 2.20. The number of nitriles is 1. The molecule has 0 aromatic heterocycles. The SMILES string of the molecule is Cc1ccccc1CC(=O)OCC(=O)Nc1cc(Cl)ccc1C#N. The third-order valence-corrected chi connectivity index (χ3v) is 3.57. The number of ether oxygens (including phenoxy) is 1. The first kappa shape index (κ1) is 17.5. The van der Waals surface area contributed by atoms with E-state index in [9.17, 15) is 9.59 Å². The zero-order chi connectivity index (χ0) is 17.5. The molecule has 0 bridgehead atoms. The van der Waals surface area contributed by atoms with Crippen molar-refractivity contribution < 1.29 is 14.3 Å². The van der Waals surface area contributed by atoms with Gasteiger partial charge in [-0.3, -0.25) is 9.59 Å². The molecule has 0 radical (unpaired) electrons. The molecule has 6 heteroatoms. The van der Waals surface area contributed by atoms with Crippen LogP contribution in [0, 0.1) is 18.3 Å². The van der Waals surface area contributed by atoms with E-state index in [-0.39, 0.29) is 17.7 Å². The maximum Gasteiger partial charge on any atom is 0.310 e. The molecule has 0 unspecified atom stereocenters. The number of anilines is 1. The molecular formula is C18H15ClN2O3. The molecule has 122 valence electrons. The van der Waals surface area contributed by atoms with Crippen molar-refractivity contribution in [2.45, 2.75) is 13.3 Å². The van der Waals surface area contributed by atoms with Crippen LogP contribution in [0.15, 0.2) is 42.5 Å². The highest BCUT2D eigenvalue weighted by molar-refractivity contribution is 6.31. The lowest BCUT2D eigenvalue weighted by molar-refractivity contribution is -0.146. The molecule has 0 saturated carbocycles. The Balaban J connectivity index is 1.90. The van der Waals surface area contributed by atoms with E-state index in [4.69, 9.17) is 21.6 Å². The number of nitrogens with zero attached hydrogens (tertiary/aromatic N) is 1. The molecule has 0 atom stereocenters. The molecule has 0 aliphatic carbocycles. The fraction of sp³-hybridized carbons (Fsp3) is 0.167. The van der Waals surface area contributed by atoms with Gasteiger partial charge in [-0.15, -0.1) is 0 Å². The smallest absolute Gasteiger partial charge is 0.310 e. The molecule has 0 heterocycles. The predicted molar refractivity (Wildman–Crippen MR) is 90.6 cm³/mol. The number of esters is 1. The van der Waals surface area contributed by atoms with Gasteiger partial charge < -0.3 is 10.1 Å². The lowest BCUT2D eigenvalue weighted by Gasteiger charge is -2.09. The van der Waals surface area contributed by atoms with Crippen molar-refractivity contribution >= 4 is 29.2 Å². The van der Waals surface area contributed by atoms with E-state index >= 15 is 0 Å². The quantitative estimate of drug-likeness (QED) is 0.846. The van der Waals surface area contributed by atoms with Crippen molar-refractivity contribution in [3.63, 3.8) is 0 Å². The highest BCUT2D eigenvalue weighted by Gasteiger charge is 2.12. The van der Waals surface area contributed by atoms with Gasteiger partial charge in [0.05, 0.1) is 17.7 Å². The summed E-state index contributed by atoms with van der Waals surface area (Å²) in [6.45, 7) is 1.47. The Morgan fingerprint density at radius 1 is 1.25 bits per heavy atom. The van der Waals surface area contributed by atoms with Crippen LogP contribution in [0.25, 0.3) is 0 Å². The Morgan fingerprint density at radius 3 is 2.71 bits per heavy atom. The highest BCUT2D eigenvalue weighted by atomic mass is 35.5. The molecule has 1 amide bonds. The monoisotopic (exact) mass is 342 g/mol. The first-order chi connectivity index (χ1) is 11.5. The van der Waals surface area contributed by atoms with E-state index in [0.29, 0.717) is 5.02 Å². The molecule has 5 nitrogen and oxygen atoms in total. The van der Waals surface area contributed by atoms with E-state index in [1.807, 2.05) is 37.3 Å². The molecule has 0 saturated heterocycles. The summed E-state index contributed by atoms with van der Waals surface area (Å²) in [5.41, 5.74) is 2.39. The summed E-state index contributed by atoms with van der Waals surface area (Å²) in [5, 5.41) is 11.9.